The molecule has 4 unspecified atom stereocenters. The summed E-state index contributed by atoms with van der Waals surface area (Å²) in [7, 11) is 0. The average Bonchev–Trinajstić information content (AvgIpc) is 2.81. The Morgan fingerprint density at radius 3 is 1.97 bits per heavy atom. The Morgan fingerprint density at radius 2 is 1.37 bits per heavy atom. The van der Waals surface area contributed by atoms with Crippen LogP contribution >= 0.6 is 0 Å². The first kappa shape index (κ1) is 24.6. The van der Waals surface area contributed by atoms with Crippen molar-refractivity contribution < 1.29 is 5.11 Å². The van der Waals surface area contributed by atoms with Gasteiger partial charge in [-0.2, -0.15) is 0 Å². The third-order valence-corrected chi connectivity index (χ3v) is 10.1. The lowest BCUT2D eigenvalue weighted by Gasteiger charge is -2.45. The second-order valence-corrected chi connectivity index (χ2v) is 11.8. The van der Waals surface area contributed by atoms with E-state index in [4.69, 9.17) is 0 Å². The van der Waals surface area contributed by atoms with Crippen LogP contribution in [-0.2, 0) is 0 Å². The fourth-order valence-electron chi connectivity index (χ4n) is 7.99. The van der Waals surface area contributed by atoms with Crippen molar-refractivity contribution in [2.45, 2.75) is 130 Å². The van der Waals surface area contributed by atoms with E-state index in [0.717, 1.165) is 41.4 Å². The third kappa shape index (κ3) is 6.73. The number of unbranched alkanes of at least 4 members (excludes halogenated alkanes) is 1. The Kier molecular flexibility index (Phi) is 10.5. The largest absolute Gasteiger partial charge is 0.396 e. The maximum absolute atomic E-state index is 9.48. The van der Waals surface area contributed by atoms with Crippen molar-refractivity contribution in [1.82, 2.24) is 0 Å². The molecule has 0 heterocycles. The second-order valence-electron chi connectivity index (χ2n) is 11.8. The summed E-state index contributed by atoms with van der Waals surface area (Å²) in [5.41, 5.74) is 0. The van der Waals surface area contributed by atoms with Gasteiger partial charge in [-0.05, 0) is 112 Å². The Bertz CT molecular complexity index is 443. The molecule has 1 heteroatoms. The van der Waals surface area contributed by atoms with E-state index in [1.54, 1.807) is 19.3 Å². The van der Waals surface area contributed by atoms with Crippen molar-refractivity contribution in [3.05, 3.63) is 0 Å². The molecule has 3 fully saturated rings. The highest BCUT2D eigenvalue weighted by atomic mass is 16.3. The molecule has 0 aromatic heterocycles. The number of rotatable bonds is 10. The number of hydrogen-bond donors (Lipinski definition) is 1. The SMILES string of the molecule is CCCCC(CC)CC1CCC(C2CCC(C3CCC(CO)CC3)C(CC)C2)CC1. The molecular formula is C29H54O. The van der Waals surface area contributed by atoms with E-state index in [2.05, 4.69) is 20.8 Å². The highest BCUT2D eigenvalue weighted by Crippen LogP contribution is 2.49. The van der Waals surface area contributed by atoms with E-state index < -0.39 is 0 Å². The molecule has 4 atom stereocenters. The van der Waals surface area contributed by atoms with Crippen LogP contribution in [0.3, 0.4) is 0 Å². The van der Waals surface area contributed by atoms with Gasteiger partial charge in [0.25, 0.3) is 0 Å². The van der Waals surface area contributed by atoms with Crippen LogP contribution in [0.4, 0.5) is 0 Å². The lowest BCUT2D eigenvalue weighted by molar-refractivity contribution is 0.0465. The molecule has 0 saturated heterocycles. The van der Waals surface area contributed by atoms with Gasteiger partial charge in [0.15, 0.2) is 0 Å². The zero-order chi connectivity index (χ0) is 21.3. The fraction of sp³-hybridized carbons (Fsp3) is 1.00. The van der Waals surface area contributed by atoms with Crippen molar-refractivity contribution >= 4 is 0 Å². The minimum absolute atomic E-state index is 0.428. The van der Waals surface area contributed by atoms with Crippen molar-refractivity contribution in [3.63, 3.8) is 0 Å². The summed E-state index contributed by atoms with van der Waals surface area (Å²) in [6.45, 7) is 7.66. The number of aliphatic hydroxyl groups is 1. The van der Waals surface area contributed by atoms with Crippen LogP contribution in [-0.4, -0.2) is 11.7 Å². The molecule has 30 heavy (non-hydrogen) atoms. The number of hydrogen-bond acceptors (Lipinski definition) is 1. The fourth-order valence-corrected chi connectivity index (χ4v) is 7.99. The first-order valence-corrected chi connectivity index (χ1v) is 14.3. The molecule has 3 aliphatic carbocycles. The standard InChI is InChI=1S/C29H54O/c1-4-7-8-22(5-2)19-23-9-13-26(14-10-23)28-17-18-29(25(6-3)20-28)27-15-11-24(21-30)12-16-27/h22-30H,4-21H2,1-3H3. The summed E-state index contributed by atoms with van der Waals surface area (Å²) in [4.78, 5) is 0. The molecule has 0 amide bonds. The quantitative estimate of drug-likeness (QED) is 0.376. The third-order valence-electron chi connectivity index (χ3n) is 10.1. The van der Waals surface area contributed by atoms with Gasteiger partial charge in [-0.25, -0.2) is 0 Å². The molecule has 0 aromatic carbocycles. The Morgan fingerprint density at radius 1 is 0.733 bits per heavy atom. The van der Waals surface area contributed by atoms with Crippen LogP contribution in [0.2, 0.25) is 0 Å². The predicted molar refractivity (Wildman–Crippen MR) is 131 cm³/mol. The molecule has 3 rings (SSSR count). The van der Waals surface area contributed by atoms with Gasteiger partial charge >= 0.3 is 0 Å². The van der Waals surface area contributed by atoms with Crippen LogP contribution in [0.25, 0.3) is 0 Å². The van der Waals surface area contributed by atoms with E-state index in [9.17, 15) is 5.11 Å². The van der Waals surface area contributed by atoms with Crippen LogP contribution in [0.1, 0.15) is 130 Å². The summed E-state index contributed by atoms with van der Waals surface area (Å²) in [6.07, 6.45) is 24.8. The van der Waals surface area contributed by atoms with Crippen LogP contribution < -0.4 is 0 Å². The van der Waals surface area contributed by atoms with Crippen molar-refractivity contribution in [2.24, 2.45) is 47.3 Å². The van der Waals surface area contributed by atoms with Gasteiger partial charge < -0.3 is 5.11 Å². The maximum Gasteiger partial charge on any atom is 0.0459 e. The van der Waals surface area contributed by atoms with Gasteiger partial charge in [-0.15, -0.1) is 0 Å². The monoisotopic (exact) mass is 418 g/mol. The lowest BCUT2D eigenvalue weighted by Crippen LogP contribution is -2.35. The molecule has 3 aliphatic rings. The summed E-state index contributed by atoms with van der Waals surface area (Å²) in [6, 6.07) is 0. The molecule has 0 spiro atoms. The van der Waals surface area contributed by atoms with Crippen molar-refractivity contribution in [2.75, 3.05) is 6.61 Å². The second kappa shape index (κ2) is 12.9. The Labute approximate surface area is 189 Å². The highest BCUT2D eigenvalue weighted by molar-refractivity contribution is 4.89. The minimum Gasteiger partial charge on any atom is -0.396 e. The number of aliphatic hydroxyl groups excluding tert-OH is 1. The molecule has 0 aromatic rings. The maximum atomic E-state index is 9.48. The van der Waals surface area contributed by atoms with Gasteiger partial charge in [-0.3, -0.25) is 0 Å². The first-order chi connectivity index (χ1) is 14.7. The normalized spacial score (nSPS) is 39.0. The minimum atomic E-state index is 0.428. The summed E-state index contributed by atoms with van der Waals surface area (Å²) < 4.78 is 0. The van der Waals surface area contributed by atoms with Gasteiger partial charge in [0.05, 0.1) is 0 Å². The molecule has 3 saturated carbocycles. The zero-order valence-electron chi connectivity index (χ0n) is 20.8. The van der Waals surface area contributed by atoms with Crippen LogP contribution in [0, 0.1) is 47.3 Å². The highest BCUT2D eigenvalue weighted by Gasteiger charge is 2.39. The summed E-state index contributed by atoms with van der Waals surface area (Å²) in [5.74, 6) is 7.74. The Hall–Kier alpha value is -0.0400. The lowest BCUT2D eigenvalue weighted by atomic mass is 9.60. The molecule has 0 radical (unpaired) electrons. The molecule has 0 aliphatic heterocycles. The van der Waals surface area contributed by atoms with Crippen molar-refractivity contribution in [3.8, 4) is 0 Å². The van der Waals surface area contributed by atoms with Gasteiger partial charge in [0, 0.05) is 6.61 Å². The van der Waals surface area contributed by atoms with E-state index >= 15 is 0 Å². The molecular weight excluding hydrogens is 364 g/mol. The molecule has 0 bridgehead atoms. The molecule has 1 nitrogen and oxygen atoms in total. The van der Waals surface area contributed by atoms with Crippen LogP contribution in [0.15, 0.2) is 0 Å². The molecule has 1 N–H and O–H groups in total. The Balaban J connectivity index is 1.43. The summed E-state index contributed by atoms with van der Waals surface area (Å²) >= 11 is 0. The van der Waals surface area contributed by atoms with Crippen LogP contribution in [0.5, 0.6) is 0 Å². The topological polar surface area (TPSA) is 20.2 Å². The first-order valence-electron chi connectivity index (χ1n) is 14.3. The smallest absolute Gasteiger partial charge is 0.0459 e. The van der Waals surface area contributed by atoms with E-state index in [1.165, 1.54) is 89.9 Å². The van der Waals surface area contributed by atoms with Crippen molar-refractivity contribution in [1.29, 1.82) is 0 Å². The van der Waals surface area contributed by atoms with E-state index in [1.807, 2.05) is 0 Å². The zero-order valence-corrected chi connectivity index (χ0v) is 20.8. The predicted octanol–water partition coefficient (Wildman–Crippen LogP) is 8.64. The molecule has 176 valence electrons. The van der Waals surface area contributed by atoms with E-state index in [0.29, 0.717) is 12.5 Å². The van der Waals surface area contributed by atoms with E-state index in [-0.39, 0.29) is 0 Å². The van der Waals surface area contributed by atoms with Gasteiger partial charge in [-0.1, -0.05) is 65.7 Å². The van der Waals surface area contributed by atoms with Gasteiger partial charge in [0.2, 0.25) is 0 Å². The van der Waals surface area contributed by atoms with Gasteiger partial charge in [0.1, 0.15) is 0 Å². The summed E-state index contributed by atoms with van der Waals surface area (Å²) in [5, 5.41) is 9.48. The average molecular weight is 419 g/mol.